The smallest absolute Gasteiger partial charge is 0.326 e. The number of carbonyl (C=O) groups excluding carboxylic acids is 2. The van der Waals surface area contributed by atoms with Gasteiger partial charge in [-0.3, -0.25) is 14.2 Å². The fraction of sp³-hybridized carbons (Fsp3) is 0.400. The van der Waals surface area contributed by atoms with E-state index < -0.39 is 6.04 Å². The number of amides is 2. The molecular formula is C15H18N4O3. The number of imidazole rings is 1. The van der Waals surface area contributed by atoms with Crippen LogP contribution in [0.2, 0.25) is 0 Å². The number of carbonyl (C=O) groups is 2. The lowest BCUT2D eigenvalue weighted by Gasteiger charge is -2.34. The summed E-state index contributed by atoms with van der Waals surface area (Å²) >= 11 is 0. The zero-order valence-corrected chi connectivity index (χ0v) is 12.5. The highest BCUT2D eigenvalue weighted by molar-refractivity contribution is 6.00. The van der Waals surface area contributed by atoms with Crippen molar-refractivity contribution in [2.75, 3.05) is 13.1 Å². The molecule has 22 heavy (non-hydrogen) atoms. The summed E-state index contributed by atoms with van der Waals surface area (Å²) in [7, 11) is 1.67. The van der Waals surface area contributed by atoms with Crippen molar-refractivity contribution in [1.29, 1.82) is 0 Å². The summed E-state index contributed by atoms with van der Waals surface area (Å²) in [5.74, 6) is -0.301. The van der Waals surface area contributed by atoms with Crippen LogP contribution in [-0.2, 0) is 11.8 Å². The van der Waals surface area contributed by atoms with Gasteiger partial charge in [0.1, 0.15) is 6.04 Å². The Morgan fingerprint density at radius 1 is 1.36 bits per heavy atom. The van der Waals surface area contributed by atoms with Crippen molar-refractivity contribution < 1.29 is 9.59 Å². The molecule has 1 atom stereocenters. The van der Waals surface area contributed by atoms with Crippen molar-refractivity contribution in [2.24, 2.45) is 7.05 Å². The van der Waals surface area contributed by atoms with Gasteiger partial charge in [0.05, 0.1) is 11.0 Å². The van der Waals surface area contributed by atoms with E-state index in [1.54, 1.807) is 30.1 Å². The van der Waals surface area contributed by atoms with Crippen molar-refractivity contribution in [3.8, 4) is 0 Å². The Hall–Kier alpha value is -2.57. The number of piperazine rings is 1. The Morgan fingerprint density at radius 3 is 2.86 bits per heavy atom. The van der Waals surface area contributed by atoms with Gasteiger partial charge >= 0.3 is 5.69 Å². The first-order valence-electron chi connectivity index (χ1n) is 7.30. The van der Waals surface area contributed by atoms with Crippen LogP contribution in [0.3, 0.4) is 0 Å². The molecule has 2 amide bonds. The van der Waals surface area contributed by atoms with Crippen molar-refractivity contribution in [2.45, 2.75) is 19.4 Å². The maximum Gasteiger partial charge on any atom is 0.326 e. The Kier molecular flexibility index (Phi) is 3.48. The van der Waals surface area contributed by atoms with Crippen LogP contribution in [-0.4, -0.2) is 45.4 Å². The molecule has 0 radical (unpaired) electrons. The van der Waals surface area contributed by atoms with E-state index in [2.05, 4.69) is 10.3 Å². The predicted octanol–water partition coefficient (Wildman–Crippen LogP) is 0.217. The second-order valence-electron chi connectivity index (χ2n) is 5.43. The van der Waals surface area contributed by atoms with Gasteiger partial charge in [0.15, 0.2) is 0 Å². The van der Waals surface area contributed by atoms with Crippen LogP contribution < -0.4 is 11.0 Å². The van der Waals surface area contributed by atoms with E-state index in [0.29, 0.717) is 30.6 Å². The number of aromatic amines is 1. The Labute approximate surface area is 126 Å². The van der Waals surface area contributed by atoms with Crippen LogP contribution in [0.1, 0.15) is 23.7 Å². The molecule has 3 rings (SSSR count). The van der Waals surface area contributed by atoms with Gasteiger partial charge in [0.25, 0.3) is 5.91 Å². The first kappa shape index (κ1) is 14.4. The number of aromatic nitrogens is 2. The summed E-state index contributed by atoms with van der Waals surface area (Å²) in [4.78, 5) is 40.5. The lowest BCUT2D eigenvalue weighted by molar-refractivity contribution is -0.127. The molecule has 7 nitrogen and oxygen atoms in total. The molecule has 0 bridgehead atoms. The van der Waals surface area contributed by atoms with Gasteiger partial charge in [-0.15, -0.1) is 0 Å². The summed E-state index contributed by atoms with van der Waals surface area (Å²) in [6.07, 6.45) is 0.571. The summed E-state index contributed by atoms with van der Waals surface area (Å²) in [6.45, 7) is 2.84. The minimum atomic E-state index is -0.438. The number of nitrogens with zero attached hydrogens (tertiary/aromatic N) is 2. The summed E-state index contributed by atoms with van der Waals surface area (Å²) in [6, 6.07) is 4.66. The van der Waals surface area contributed by atoms with Gasteiger partial charge < -0.3 is 15.2 Å². The number of rotatable bonds is 2. The largest absolute Gasteiger partial charge is 0.353 e. The summed E-state index contributed by atoms with van der Waals surface area (Å²) in [5, 5.41) is 2.78. The van der Waals surface area contributed by atoms with Gasteiger partial charge in [-0.25, -0.2) is 4.79 Å². The van der Waals surface area contributed by atoms with Gasteiger partial charge in [-0.2, -0.15) is 0 Å². The van der Waals surface area contributed by atoms with E-state index in [0.717, 1.165) is 5.52 Å². The third-order valence-corrected chi connectivity index (χ3v) is 4.13. The van der Waals surface area contributed by atoms with Crippen LogP contribution in [0, 0.1) is 0 Å². The quantitative estimate of drug-likeness (QED) is 0.832. The van der Waals surface area contributed by atoms with E-state index in [1.165, 1.54) is 4.57 Å². The number of fused-ring (bicyclic) bond motifs is 1. The zero-order valence-electron chi connectivity index (χ0n) is 12.5. The average molecular weight is 302 g/mol. The SMILES string of the molecule is CC[C@H]1C(=O)NCCN1C(=O)c1ccc2c(c1)[nH]c(=O)n2C. The number of nitrogens with one attached hydrogen (secondary N) is 2. The lowest BCUT2D eigenvalue weighted by Crippen LogP contribution is -2.56. The molecule has 2 heterocycles. The van der Waals surface area contributed by atoms with Crippen molar-refractivity contribution in [3.63, 3.8) is 0 Å². The van der Waals surface area contributed by atoms with E-state index in [9.17, 15) is 14.4 Å². The third-order valence-electron chi connectivity index (χ3n) is 4.13. The molecule has 1 fully saturated rings. The highest BCUT2D eigenvalue weighted by Gasteiger charge is 2.32. The summed E-state index contributed by atoms with van der Waals surface area (Å²) in [5.41, 5.74) is 1.61. The Bertz CT molecular complexity index is 805. The Balaban J connectivity index is 1.97. The third kappa shape index (κ3) is 2.18. The van der Waals surface area contributed by atoms with Gasteiger partial charge in [0.2, 0.25) is 5.91 Å². The van der Waals surface area contributed by atoms with E-state index in [1.807, 2.05) is 6.92 Å². The first-order chi connectivity index (χ1) is 10.5. The highest BCUT2D eigenvalue weighted by Crippen LogP contribution is 2.17. The van der Waals surface area contributed by atoms with E-state index in [4.69, 9.17) is 0 Å². The second-order valence-corrected chi connectivity index (χ2v) is 5.43. The number of aryl methyl sites for hydroxylation is 1. The molecule has 1 aromatic carbocycles. The summed E-state index contributed by atoms with van der Waals surface area (Å²) < 4.78 is 1.49. The maximum absolute atomic E-state index is 12.7. The molecule has 1 aliphatic heterocycles. The molecule has 1 aromatic heterocycles. The zero-order chi connectivity index (χ0) is 15.9. The van der Waals surface area contributed by atoms with Crippen LogP contribution >= 0.6 is 0 Å². The van der Waals surface area contributed by atoms with Crippen LogP contribution in [0.15, 0.2) is 23.0 Å². The first-order valence-corrected chi connectivity index (χ1v) is 7.30. The second kappa shape index (κ2) is 5.32. The van der Waals surface area contributed by atoms with E-state index >= 15 is 0 Å². The monoisotopic (exact) mass is 302 g/mol. The predicted molar refractivity (Wildman–Crippen MR) is 81.7 cm³/mol. The number of H-pyrrole nitrogens is 1. The van der Waals surface area contributed by atoms with Crippen LogP contribution in [0.25, 0.3) is 11.0 Å². The molecule has 2 aromatic rings. The fourth-order valence-corrected chi connectivity index (χ4v) is 2.90. The van der Waals surface area contributed by atoms with Gasteiger partial charge in [-0.1, -0.05) is 6.92 Å². The molecule has 0 spiro atoms. The molecule has 1 aliphatic rings. The molecular weight excluding hydrogens is 284 g/mol. The maximum atomic E-state index is 12.7. The Morgan fingerprint density at radius 2 is 2.14 bits per heavy atom. The average Bonchev–Trinajstić information content (AvgIpc) is 2.80. The van der Waals surface area contributed by atoms with Gasteiger partial charge in [0, 0.05) is 25.7 Å². The van der Waals surface area contributed by atoms with Crippen LogP contribution in [0.5, 0.6) is 0 Å². The molecule has 0 aliphatic carbocycles. The molecule has 0 unspecified atom stereocenters. The molecule has 116 valence electrons. The standard InChI is InChI=1S/C15H18N4O3/c1-3-11-13(20)16-6-7-19(11)14(21)9-4-5-12-10(8-9)17-15(22)18(12)2/h4-5,8,11H,3,6-7H2,1-2H3,(H,16,20)(H,17,22)/t11-/m0/s1. The minimum absolute atomic E-state index is 0.115. The van der Waals surface area contributed by atoms with Gasteiger partial charge in [-0.05, 0) is 24.6 Å². The number of benzene rings is 1. The molecule has 2 N–H and O–H groups in total. The van der Waals surface area contributed by atoms with Crippen molar-refractivity contribution in [1.82, 2.24) is 19.8 Å². The molecule has 7 heteroatoms. The molecule has 1 saturated heterocycles. The van der Waals surface area contributed by atoms with E-state index in [-0.39, 0.29) is 17.5 Å². The number of hydrogen-bond donors (Lipinski definition) is 2. The topological polar surface area (TPSA) is 87.2 Å². The highest BCUT2D eigenvalue weighted by atomic mass is 16.2. The lowest BCUT2D eigenvalue weighted by atomic mass is 10.1. The molecule has 0 saturated carbocycles. The van der Waals surface area contributed by atoms with Crippen molar-refractivity contribution in [3.05, 3.63) is 34.2 Å². The fourth-order valence-electron chi connectivity index (χ4n) is 2.90. The van der Waals surface area contributed by atoms with Crippen LogP contribution in [0.4, 0.5) is 0 Å². The normalized spacial score (nSPS) is 18.5. The number of hydrogen-bond acceptors (Lipinski definition) is 3. The van der Waals surface area contributed by atoms with Crippen molar-refractivity contribution >= 4 is 22.8 Å². The minimum Gasteiger partial charge on any atom is -0.353 e.